The lowest BCUT2D eigenvalue weighted by Crippen LogP contribution is -2.25. The smallest absolute Gasteiger partial charge is 0.243 e. The van der Waals surface area contributed by atoms with Gasteiger partial charge in [-0.25, -0.2) is 0 Å². The third kappa shape index (κ3) is 15.3. The molecule has 0 aliphatic carbocycles. The number of nitrogens with one attached hydrogen (secondary N) is 1. The monoisotopic (exact) mass is 281 g/mol. The molecular formula is C18H35NO. The van der Waals surface area contributed by atoms with E-state index in [1.165, 1.54) is 57.8 Å². The van der Waals surface area contributed by atoms with E-state index < -0.39 is 0 Å². The minimum atomic E-state index is 0.0506. The average Bonchev–Trinajstić information content (AvgIpc) is 2.42. The summed E-state index contributed by atoms with van der Waals surface area (Å²) >= 11 is 0. The van der Waals surface area contributed by atoms with Crippen LogP contribution in [0.15, 0.2) is 12.2 Å². The quantitative estimate of drug-likeness (QED) is 0.363. The van der Waals surface area contributed by atoms with Gasteiger partial charge >= 0.3 is 0 Å². The Hall–Kier alpha value is -0.790. The van der Waals surface area contributed by atoms with Gasteiger partial charge < -0.3 is 5.32 Å². The fourth-order valence-corrected chi connectivity index (χ4v) is 2.13. The zero-order chi connectivity index (χ0) is 15.1. The van der Waals surface area contributed by atoms with Gasteiger partial charge in [-0.05, 0) is 24.8 Å². The second kappa shape index (κ2) is 14.6. The van der Waals surface area contributed by atoms with E-state index in [9.17, 15) is 4.79 Å². The summed E-state index contributed by atoms with van der Waals surface area (Å²) in [4.78, 5) is 11.4. The molecule has 1 N–H and O–H groups in total. The van der Waals surface area contributed by atoms with Crippen LogP contribution in [0.1, 0.15) is 85.0 Å². The minimum absolute atomic E-state index is 0.0506. The van der Waals surface area contributed by atoms with Crippen molar-refractivity contribution in [3.8, 4) is 0 Å². The number of allylic oxidation sites excluding steroid dienone is 1. The molecular weight excluding hydrogens is 246 g/mol. The first-order valence-corrected chi connectivity index (χ1v) is 8.61. The molecule has 20 heavy (non-hydrogen) atoms. The van der Waals surface area contributed by atoms with E-state index in [1.807, 2.05) is 6.08 Å². The molecule has 118 valence electrons. The zero-order valence-corrected chi connectivity index (χ0v) is 13.9. The van der Waals surface area contributed by atoms with Crippen LogP contribution in [0.2, 0.25) is 0 Å². The number of carbonyl (C=O) groups excluding carboxylic acids is 1. The molecule has 0 fully saturated rings. The highest BCUT2D eigenvalue weighted by molar-refractivity contribution is 5.87. The summed E-state index contributed by atoms with van der Waals surface area (Å²) in [5, 5.41) is 2.89. The van der Waals surface area contributed by atoms with Crippen LogP contribution in [0.5, 0.6) is 0 Å². The van der Waals surface area contributed by atoms with E-state index in [1.54, 1.807) is 6.08 Å². The van der Waals surface area contributed by atoms with E-state index in [0.29, 0.717) is 5.92 Å². The molecule has 0 aliphatic heterocycles. The summed E-state index contributed by atoms with van der Waals surface area (Å²) in [7, 11) is 0. The summed E-state index contributed by atoms with van der Waals surface area (Å²) in [5.41, 5.74) is 0. The normalized spacial score (nSPS) is 11.4. The maximum absolute atomic E-state index is 11.4. The molecule has 2 nitrogen and oxygen atoms in total. The zero-order valence-electron chi connectivity index (χ0n) is 13.9. The lowest BCUT2D eigenvalue weighted by Gasteiger charge is -2.04. The van der Waals surface area contributed by atoms with Crippen LogP contribution >= 0.6 is 0 Å². The van der Waals surface area contributed by atoms with Crippen molar-refractivity contribution in [3.63, 3.8) is 0 Å². The first-order valence-electron chi connectivity index (χ1n) is 8.61. The Balaban J connectivity index is 3.24. The Kier molecular flexibility index (Phi) is 14.0. The average molecular weight is 281 g/mol. The Bertz CT molecular complexity index is 246. The number of hydrogen-bond donors (Lipinski definition) is 1. The van der Waals surface area contributed by atoms with Crippen molar-refractivity contribution in [3.05, 3.63) is 12.2 Å². The molecule has 0 spiro atoms. The van der Waals surface area contributed by atoms with Crippen molar-refractivity contribution in [1.29, 1.82) is 0 Å². The van der Waals surface area contributed by atoms with E-state index in [0.717, 1.165) is 13.0 Å². The number of unbranched alkanes of at least 4 members (excludes halogenated alkanes) is 9. The van der Waals surface area contributed by atoms with E-state index >= 15 is 0 Å². The lowest BCUT2D eigenvalue weighted by molar-refractivity contribution is -0.116. The van der Waals surface area contributed by atoms with E-state index in [-0.39, 0.29) is 5.91 Å². The van der Waals surface area contributed by atoms with Crippen molar-refractivity contribution in [2.45, 2.75) is 85.0 Å². The highest BCUT2D eigenvalue weighted by Gasteiger charge is 1.96. The van der Waals surface area contributed by atoms with Crippen molar-refractivity contribution < 1.29 is 4.79 Å². The van der Waals surface area contributed by atoms with Gasteiger partial charge in [0, 0.05) is 6.54 Å². The minimum Gasteiger partial charge on any atom is -0.352 e. The van der Waals surface area contributed by atoms with Crippen molar-refractivity contribution >= 4 is 5.91 Å². The molecule has 1 amide bonds. The molecule has 2 heteroatoms. The van der Waals surface area contributed by atoms with Crippen LogP contribution in [0, 0.1) is 5.92 Å². The van der Waals surface area contributed by atoms with Gasteiger partial charge in [0.25, 0.3) is 0 Å². The van der Waals surface area contributed by atoms with Gasteiger partial charge in [-0.15, -0.1) is 0 Å². The maximum atomic E-state index is 11.4. The van der Waals surface area contributed by atoms with Gasteiger partial charge in [-0.2, -0.15) is 0 Å². The van der Waals surface area contributed by atoms with Gasteiger partial charge in [0.05, 0.1) is 0 Å². The van der Waals surface area contributed by atoms with Crippen molar-refractivity contribution in [2.24, 2.45) is 5.92 Å². The molecule has 0 atom stereocenters. The summed E-state index contributed by atoms with van der Waals surface area (Å²) < 4.78 is 0. The predicted octanol–water partition coefficient (Wildman–Crippen LogP) is 5.24. The number of amides is 1. The van der Waals surface area contributed by atoms with Gasteiger partial charge in [0.15, 0.2) is 0 Å². The molecule has 0 unspecified atom stereocenters. The standard InChI is InChI=1S/C18H35NO/c1-4-5-6-7-8-9-10-11-12-13-14-15-18(20)19-16-17(2)3/h14-15,17H,4-13,16H2,1-3H3,(H,19,20)/b15-14+. The molecule has 0 aromatic carbocycles. The first-order chi connectivity index (χ1) is 9.66. The van der Waals surface area contributed by atoms with Crippen molar-refractivity contribution in [1.82, 2.24) is 5.32 Å². The molecule has 0 aromatic heterocycles. The lowest BCUT2D eigenvalue weighted by atomic mass is 10.1. The van der Waals surface area contributed by atoms with Gasteiger partial charge in [0.2, 0.25) is 5.91 Å². The fourth-order valence-electron chi connectivity index (χ4n) is 2.13. The van der Waals surface area contributed by atoms with Crippen LogP contribution in [0.25, 0.3) is 0 Å². The molecule has 0 saturated carbocycles. The molecule has 0 heterocycles. The first kappa shape index (κ1) is 19.2. The summed E-state index contributed by atoms with van der Waals surface area (Å²) in [6.45, 7) is 7.23. The Morgan fingerprint density at radius 2 is 1.50 bits per heavy atom. The SMILES string of the molecule is CCCCCCCCCCC/C=C/C(=O)NCC(C)C. The van der Waals surface area contributed by atoms with Crippen LogP contribution in [-0.2, 0) is 4.79 Å². The number of carbonyl (C=O) groups is 1. The largest absolute Gasteiger partial charge is 0.352 e. The molecule has 0 aromatic rings. The van der Waals surface area contributed by atoms with Crippen LogP contribution < -0.4 is 5.32 Å². The second-order valence-corrected chi connectivity index (χ2v) is 6.16. The fraction of sp³-hybridized carbons (Fsp3) is 0.833. The third-order valence-electron chi connectivity index (χ3n) is 3.43. The van der Waals surface area contributed by atoms with Crippen LogP contribution in [0.3, 0.4) is 0 Å². The van der Waals surface area contributed by atoms with Gasteiger partial charge in [-0.3, -0.25) is 4.79 Å². The highest BCUT2D eigenvalue weighted by Crippen LogP contribution is 2.10. The third-order valence-corrected chi connectivity index (χ3v) is 3.43. The number of hydrogen-bond acceptors (Lipinski definition) is 1. The van der Waals surface area contributed by atoms with Gasteiger partial charge in [0.1, 0.15) is 0 Å². The summed E-state index contributed by atoms with van der Waals surface area (Å²) in [6.07, 6.45) is 16.9. The summed E-state index contributed by atoms with van der Waals surface area (Å²) in [5.74, 6) is 0.569. The molecule has 0 radical (unpaired) electrons. The predicted molar refractivity (Wildman–Crippen MR) is 88.8 cm³/mol. The molecule has 0 saturated heterocycles. The van der Waals surface area contributed by atoms with Crippen LogP contribution in [-0.4, -0.2) is 12.5 Å². The maximum Gasteiger partial charge on any atom is 0.243 e. The highest BCUT2D eigenvalue weighted by atomic mass is 16.1. The Morgan fingerprint density at radius 1 is 0.950 bits per heavy atom. The molecule has 0 aliphatic rings. The number of rotatable bonds is 13. The summed E-state index contributed by atoms with van der Waals surface area (Å²) in [6, 6.07) is 0. The molecule has 0 rings (SSSR count). The Labute approximate surface area is 126 Å². The molecule has 0 bridgehead atoms. The van der Waals surface area contributed by atoms with E-state index in [4.69, 9.17) is 0 Å². The van der Waals surface area contributed by atoms with Gasteiger partial charge in [-0.1, -0.05) is 78.2 Å². The van der Waals surface area contributed by atoms with E-state index in [2.05, 4.69) is 26.1 Å². The second-order valence-electron chi connectivity index (χ2n) is 6.16. The Morgan fingerprint density at radius 3 is 2.05 bits per heavy atom. The van der Waals surface area contributed by atoms with Crippen LogP contribution in [0.4, 0.5) is 0 Å². The van der Waals surface area contributed by atoms with Crippen molar-refractivity contribution in [2.75, 3.05) is 6.54 Å². The topological polar surface area (TPSA) is 29.1 Å².